The van der Waals surface area contributed by atoms with E-state index in [2.05, 4.69) is 0 Å². The highest BCUT2D eigenvalue weighted by atomic mass is 16.5. The first-order valence-corrected chi connectivity index (χ1v) is 3.41. The Balaban J connectivity index is 2.17. The summed E-state index contributed by atoms with van der Waals surface area (Å²) >= 11 is 0. The molecular weight excluding hydrogens is 102 g/mol. The molecule has 0 unspecified atom stereocenters. The van der Waals surface area contributed by atoms with Gasteiger partial charge in [-0.3, -0.25) is 0 Å². The van der Waals surface area contributed by atoms with Crippen LogP contribution in [-0.2, 0) is 0 Å². The smallest absolute Gasteiger partial charge is 0.0768 e. The van der Waals surface area contributed by atoms with E-state index in [1.165, 1.54) is 12.8 Å². The molecule has 1 heterocycles. The molecule has 0 radical (unpaired) electrons. The summed E-state index contributed by atoms with van der Waals surface area (Å²) in [5.41, 5.74) is 0. The van der Waals surface area contributed by atoms with Gasteiger partial charge in [0.1, 0.15) is 0 Å². The van der Waals surface area contributed by atoms with E-state index in [-0.39, 0.29) is 0 Å². The van der Waals surface area contributed by atoms with Crippen LogP contribution in [0.2, 0.25) is 0 Å². The summed E-state index contributed by atoms with van der Waals surface area (Å²) in [4.78, 5) is 0. The predicted molar refractivity (Wildman–Crippen MR) is 32.5 cm³/mol. The number of hydrogen-bond donors (Lipinski definition) is 1. The van der Waals surface area contributed by atoms with Gasteiger partial charge in [-0.25, -0.2) is 0 Å². The zero-order valence-electron chi connectivity index (χ0n) is 5.15. The van der Waals surface area contributed by atoms with Crippen LogP contribution in [0, 0.1) is 5.21 Å². The summed E-state index contributed by atoms with van der Waals surface area (Å²) in [6.45, 7) is 1.69. The van der Waals surface area contributed by atoms with Crippen molar-refractivity contribution in [3.63, 3.8) is 0 Å². The third-order valence-corrected chi connectivity index (χ3v) is 1.66. The first-order chi connectivity index (χ1) is 3.89. The van der Waals surface area contributed by atoms with Crippen molar-refractivity contribution in [2.75, 3.05) is 13.1 Å². The monoisotopic (exact) mass is 115 g/mol. The van der Waals surface area contributed by atoms with E-state index in [1.807, 2.05) is 0 Å². The number of hydrogen-bond acceptors (Lipinski definition) is 1. The number of rotatable bonds is 0. The minimum atomic E-state index is 0.475. The van der Waals surface area contributed by atoms with Gasteiger partial charge in [-0.15, -0.1) is 0 Å². The van der Waals surface area contributed by atoms with Crippen molar-refractivity contribution in [1.82, 2.24) is 0 Å². The molecule has 0 aliphatic carbocycles. The van der Waals surface area contributed by atoms with E-state index in [0.717, 1.165) is 25.9 Å². The maximum Gasteiger partial charge on any atom is 0.0768 e. The van der Waals surface area contributed by atoms with Gasteiger partial charge in [0, 0.05) is 0 Å². The van der Waals surface area contributed by atoms with Gasteiger partial charge >= 0.3 is 0 Å². The van der Waals surface area contributed by atoms with Crippen LogP contribution in [0.1, 0.15) is 25.7 Å². The van der Waals surface area contributed by atoms with Gasteiger partial charge in [-0.2, -0.15) is 0 Å². The Bertz CT molecular complexity index is 57.5. The van der Waals surface area contributed by atoms with Crippen LogP contribution in [0.5, 0.6) is 0 Å². The summed E-state index contributed by atoms with van der Waals surface area (Å²) in [5, 5.41) is 11.2. The molecule has 0 amide bonds. The quantitative estimate of drug-likeness (QED) is 0.440. The number of quaternary nitrogens is 1. The predicted octanol–water partition coefficient (Wildman–Crippen LogP) is -0.0569. The van der Waals surface area contributed by atoms with Crippen LogP contribution in [-0.4, -0.2) is 13.1 Å². The second-order valence-corrected chi connectivity index (χ2v) is 2.45. The Labute approximate surface area is 50.1 Å². The van der Waals surface area contributed by atoms with Crippen LogP contribution < -0.4 is 5.06 Å². The highest BCUT2D eigenvalue weighted by Crippen LogP contribution is 1.98. The van der Waals surface area contributed by atoms with E-state index < -0.39 is 0 Å². The summed E-state index contributed by atoms with van der Waals surface area (Å²) in [6, 6.07) is 0. The molecule has 0 bridgehead atoms. The fourth-order valence-corrected chi connectivity index (χ4v) is 1.12. The molecule has 1 saturated heterocycles. The Morgan fingerprint density at radius 2 is 1.38 bits per heavy atom. The van der Waals surface area contributed by atoms with Crippen molar-refractivity contribution in [1.29, 1.82) is 0 Å². The molecule has 8 heavy (non-hydrogen) atoms. The van der Waals surface area contributed by atoms with E-state index in [9.17, 15) is 5.21 Å². The number of nitrogens with one attached hydrogen (secondary N) is 1. The average molecular weight is 115 g/mol. The molecule has 0 aromatic heterocycles. The molecule has 1 aliphatic rings. The second kappa shape index (κ2) is 3.05. The lowest BCUT2D eigenvalue weighted by Gasteiger charge is -2.18. The van der Waals surface area contributed by atoms with Gasteiger partial charge in [0.25, 0.3) is 0 Å². The van der Waals surface area contributed by atoms with E-state index >= 15 is 0 Å². The van der Waals surface area contributed by atoms with Gasteiger partial charge < -0.3 is 10.3 Å². The minimum absolute atomic E-state index is 0.475. The summed E-state index contributed by atoms with van der Waals surface area (Å²) in [6.07, 6.45) is 4.81. The van der Waals surface area contributed by atoms with Gasteiger partial charge in [0.2, 0.25) is 0 Å². The largest absolute Gasteiger partial charge is 0.634 e. The molecule has 0 atom stereocenters. The van der Waals surface area contributed by atoms with Crippen LogP contribution in [0.3, 0.4) is 0 Å². The highest BCUT2D eigenvalue weighted by Gasteiger charge is 2.01. The minimum Gasteiger partial charge on any atom is -0.634 e. The molecular formula is C6H13NO. The fourth-order valence-electron chi connectivity index (χ4n) is 1.12. The zero-order valence-corrected chi connectivity index (χ0v) is 5.15. The number of hydroxylamine groups is 2. The normalized spacial score (nSPS) is 25.1. The van der Waals surface area contributed by atoms with Gasteiger partial charge in [-0.1, -0.05) is 0 Å². The molecule has 0 saturated carbocycles. The van der Waals surface area contributed by atoms with E-state index in [1.54, 1.807) is 0 Å². The lowest BCUT2D eigenvalue weighted by Crippen LogP contribution is -3.06. The SMILES string of the molecule is [O-][NH+]1CCCCCC1. The lowest BCUT2D eigenvalue weighted by atomic mass is 10.2. The fraction of sp³-hybridized carbons (Fsp3) is 1.00. The molecule has 1 rings (SSSR count). The zero-order chi connectivity index (χ0) is 5.82. The third-order valence-electron chi connectivity index (χ3n) is 1.66. The highest BCUT2D eigenvalue weighted by molar-refractivity contribution is 4.45. The Kier molecular flexibility index (Phi) is 2.30. The Morgan fingerprint density at radius 1 is 0.875 bits per heavy atom. The van der Waals surface area contributed by atoms with Gasteiger partial charge in [0.15, 0.2) is 0 Å². The van der Waals surface area contributed by atoms with Crippen LogP contribution in [0.4, 0.5) is 0 Å². The van der Waals surface area contributed by atoms with Crippen LogP contribution in [0.25, 0.3) is 0 Å². The van der Waals surface area contributed by atoms with Crippen LogP contribution in [0.15, 0.2) is 0 Å². The maximum atomic E-state index is 10.7. The van der Waals surface area contributed by atoms with Crippen molar-refractivity contribution in [3.05, 3.63) is 5.21 Å². The molecule has 2 heteroatoms. The summed E-state index contributed by atoms with van der Waals surface area (Å²) in [5.74, 6) is 0. The summed E-state index contributed by atoms with van der Waals surface area (Å²) < 4.78 is 0. The molecule has 0 aromatic carbocycles. The maximum absolute atomic E-state index is 10.7. The third kappa shape index (κ3) is 1.80. The first-order valence-electron chi connectivity index (χ1n) is 3.41. The van der Waals surface area contributed by atoms with Crippen LogP contribution >= 0.6 is 0 Å². The molecule has 1 aliphatic heterocycles. The second-order valence-electron chi connectivity index (χ2n) is 2.45. The molecule has 1 fully saturated rings. The van der Waals surface area contributed by atoms with Crippen molar-refractivity contribution >= 4 is 0 Å². The molecule has 1 N–H and O–H groups in total. The molecule has 0 spiro atoms. The van der Waals surface area contributed by atoms with Gasteiger partial charge in [0.05, 0.1) is 13.1 Å². The molecule has 48 valence electrons. The van der Waals surface area contributed by atoms with Gasteiger partial charge in [-0.05, 0) is 25.7 Å². The summed E-state index contributed by atoms with van der Waals surface area (Å²) in [7, 11) is 0. The topological polar surface area (TPSA) is 27.5 Å². The van der Waals surface area contributed by atoms with Crippen molar-refractivity contribution in [2.45, 2.75) is 25.7 Å². The Hall–Kier alpha value is -0.0800. The lowest BCUT2D eigenvalue weighted by molar-refractivity contribution is -0.847. The van der Waals surface area contributed by atoms with E-state index in [4.69, 9.17) is 0 Å². The average Bonchev–Trinajstić information content (AvgIpc) is 1.94. The van der Waals surface area contributed by atoms with Crippen molar-refractivity contribution < 1.29 is 5.06 Å². The standard InChI is InChI=1S/C6H13NO/c8-7-5-3-1-2-4-6-7/h7H,1-6H2. The molecule has 2 nitrogen and oxygen atoms in total. The van der Waals surface area contributed by atoms with Crippen molar-refractivity contribution in [2.24, 2.45) is 0 Å². The van der Waals surface area contributed by atoms with E-state index in [0.29, 0.717) is 5.06 Å². The first kappa shape index (κ1) is 6.05. The Morgan fingerprint density at radius 3 is 1.88 bits per heavy atom. The van der Waals surface area contributed by atoms with Crippen molar-refractivity contribution in [3.8, 4) is 0 Å². The molecule has 0 aromatic rings.